The number of para-hydroxylation sites is 1. The second-order valence-corrected chi connectivity index (χ2v) is 6.20. The molecule has 1 heterocycles. The third kappa shape index (κ3) is 4.55. The van der Waals surface area contributed by atoms with Gasteiger partial charge in [0.2, 0.25) is 0 Å². The van der Waals surface area contributed by atoms with Crippen LogP contribution in [0.25, 0.3) is 0 Å². The van der Waals surface area contributed by atoms with Crippen molar-refractivity contribution in [3.05, 3.63) is 65.2 Å². The zero-order valence-electron chi connectivity index (χ0n) is 15.6. The molecule has 7 heteroatoms. The number of nitrogens with one attached hydrogen (secondary N) is 1. The van der Waals surface area contributed by atoms with Gasteiger partial charge in [-0.25, -0.2) is 4.79 Å². The highest BCUT2D eigenvalue weighted by Crippen LogP contribution is 2.18. The van der Waals surface area contributed by atoms with Crippen molar-refractivity contribution in [1.82, 2.24) is 4.90 Å². The molecule has 2 aromatic carbocycles. The molecule has 0 atom stereocenters. The summed E-state index contributed by atoms with van der Waals surface area (Å²) in [7, 11) is 0. The number of morpholine rings is 1. The molecule has 7 nitrogen and oxygen atoms in total. The number of esters is 1. The lowest BCUT2D eigenvalue weighted by Gasteiger charge is -2.26. The molecule has 0 spiro atoms. The molecule has 0 aliphatic carbocycles. The van der Waals surface area contributed by atoms with Gasteiger partial charge in [-0.05, 0) is 43.3 Å². The van der Waals surface area contributed by atoms with Gasteiger partial charge < -0.3 is 19.7 Å². The number of hydrogen-bond acceptors (Lipinski definition) is 5. The van der Waals surface area contributed by atoms with Crippen LogP contribution in [-0.2, 0) is 9.47 Å². The van der Waals surface area contributed by atoms with Gasteiger partial charge in [0.15, 0.2) is 0 Å². The summed E-state index contributed by atoms with van der Waals surface area (Å²) in [5.74, 6) is -0.949. The van der Waals surface area contributed by atoms with Crippen LogP contribution in [0.4, 0.5) is 5.69 Å². The number of amides is 2. The van der Waals surface area contributed by atoms with Gasteiger partial charge in [0.25, 0.3) is 11.8 Å². The molecule has 146 valence electrons. The number of nitrogens with zero attached hydrogens (tertiary/aromatic N) is 1. The molecule has 1 fully saturated rings. The average molecular weight is 382 g/mol. The summed E-state index contributed by atoms with van der Waals surface area (Å²) >= 11 is 0. The van der Waals surface area contributed by atoms with Crippen molar-refractivity contribution < 1.29 is 23.9 Å². The fraction of sp³-hybridized carbons (Fsp3) is 0.286. The molecular weight excluding hydrogens is 360 g/mol. The van der Waals surface area contributed by atoms with Crippen LogP contribution >= 0.6 is 0 Å². The van der Waals surface area contributed by atoms with Crippen LogP contribution in [0.5, 0.6) is 0 Å². The Hall–Kier alpha value is -3.19. The van der Waals surface area contributed by atoms with Crippen LogP contribution < -0.4 is 5.32 Å². The summed E-state index contributed by atoms with van der Waals surface area (Å²) in [5.41, 5.74) is 1.57. The van der Waals surface area contributed by atoms with Crippen molar-refractivity contribution in [2.24, 2.45) is 0 Å². The summed E-state index contributed by atoms with van der Waals surface area (Å²) in [5, 5.41) is 2.73. The highest BCUT2D eigenvalue weighted by atomic mass is 16.5. The Kier molecular flexibility index (Phi) is 6.39. The highest BCUT2D eigenvalue weighted by Gasteiger charge is 2.19. The van der Waals surface area contributed by atoms with E-state index < -0.39 is 5.97 Å². The second kappa shape index (κ2) is 9.14. The van der Waals surface area contributed by atoms with E-state index in [1.807, 2.05) is 0 Å². The quantitative estimate of drug-likeness (QED) is 0.804. The third-order valence-corrected chi connectivity index (χ3v) is 4.36. The monoisotopic (exact) mass is 382 g/mol. The van der Waals surface area contributed by atoms with E-state index in [2.05, 4.69) is 5.32 Å². The summed E-state index contributed by atoms with van der Waals surface area (Å²) in [6, 6.07) is 13.1. The third-order valence-electron chi connectivity index (χ3n) is 4.36. The Balaban J connectivity index is 1.70. The maximum absolute atomic E-state index is 12.6. The standard InChI is InChI=1S/C21H22N2O5/c1-2-28-21(26)17-5-3-4-6-18(17)22-19(24)15-7-9-16(10-8-15)20(25)23-11-13-27-14-12-23/h3-10H,2,11-14H2,1H3,(H,22,24). The lowest BCUT2D eigenvalue weighted by Crippen LogP contribution is -2.40. The van der Waals surface area contributed by atoms with E-state index in [1.54, 1.807) is 60.4 Å². The second-order valence-electron chi connectivity index (χ2n) is 6.20. The van der Waals surface area contributed by atoms with Crippen LogP contribution in [0.1, 0.15) is 38.0 Å². The Morgan fingerprint density at radius 2 is 1.64 bits per heavy atom. The van der Waals surface area contributed by atoms with Gasteiger partial charge in [-0.15, -0.1) is 0 Å². The normalized spacial score (nSPS) is 13.7. The van der Waals surface area contributed by atoms with Crippen LogP contribution in [0.3, 0.4) is 0 Å². The molecule has 1 N–H and O–H groups in total. The molecule has 0 unspecified atom stereocenters. The number of benzene rings is 2. The molecule has 1 aliphatic rings. The Bertz CT molecular complexity index is 857. The number of carbonyl (C=O) groups is 3. The van der Waals surface area contributed by atoms with Crippen LogP contribution in [0.2, 0.25) is 0 Å². The van der Waals surface area contributed by atoms with Gasteiger partial charge in [0.1, 0.15) is 0 Å². The Morgan fingerprint density at radius 3 is 2.32 bits per heavy atom. The lowest BCUT2D eigenvalue weighted by molar-refractivity contribution is 0.0303. The minimum atomic E-state index is -0.496. The Labute approximate surface area is 163 Å². The SMILES string of the molecule is CCOC(=O)c1ccccc1NC(=O)c1ccc(C(=O)N2CCOCC2)cc1. The minimum Gasteiger partial charge on any atom is -0.462 e. The van der Waals surface area contributed by atoms with E-state index in [4.69, 9.17) is 9.47 Å². The molecule has 3 rings (SSSR count). The molecule has 1 saturated heterocycles. The number of ether oxygens (including phenoxy) is 2. The minimum absolute atomic E-state index is 0.0806. The first-order valence-corrected chi connectivity index (χ1v) is 9.14. The fourth-order valence-corrected chi connectivity index (χ4v) is 2.89. The number of anilines is 1. The predicted molar refractivity (Wildman–Crippen MR) is 104 cm³/mol. The summed E-state index contributed by atoms with van der Waals surface area (Å²) in [6.45, 7) is 4.16. The zero-order chi connectivity index (χ0) is 19.9. The van der Waals surface area contributed by atoms with Crippen molar-refractivity contribution in [2.45, 2.75) is 6.92 Å². The zero-order valence-corrected chi connectivity index (χ0v) is 15.6. The largest absolute Gasteiger partial charge is 0.462 e. The van der Waals surface area contributed by atoms with Crippen LogP contribution in [0.15, 0.2) is 48.5 Å². The topological polar surface area (TPSA) is 84.9 Å². The first kappa shape index (κ1) is 19.6. The maximum atomic E-state index is 12.6. The first-order chi connectivity index (χ1) is 13.6. The Morgan fingerprint density at radius 1 is 1.00 bits per heavy atom. The highest BCUT2D eigenvalue weighted by molar-refractivity contribution is 6.08. The van der Waals surface area contributed by atoms with Crippen molar-refractivity contribution in [2.75, 3.05) is 38.2 Å². The molecule has 0 aromatic heterocycles. The van der Waals surface area contributed by atoms with E-state index in [9.17, 15) is 14.4 Å². The maximum Gasteiger partial charge on any atom is 0.340 e. The molecule has 1 aliphatic heterocycles. The molecule has 2 aromatic rings. The molecule has 0 saturated carbocycles. The smallest absolute Gasteiger partial charge is 0.340 e. The molecule has 0 radical (unpaired) electrons. The molecular formula is C21H22N2O5. The predicted octanol–water partition coefficient (Wildman–Crippen LogP) is 2.59. The molecule has 2 amide bonds. The van der Waals surface area contributed by atoms with Gasteiger partial charge in [0.05, 0.1) is 31.1 Å². The number of carbonyl (C=O) groups excluding carboxylic acids is 3. The van der Waals surface area contributed by atoms with E-state index in [0.29, 0.717) is 43.1 Å². The average Bonchev–Trinajstić information content (AvgIpc) is 2.74. The van der Waals surface area contributed by atoms with E-state index in [1.165, 1.54) is 0 Å². The lowest BCUT2D eigenvalue weighted by atomic mass is 10.1. The van der Waals surface area contributed by atoms with Gasteiger partial charge >= 0.3 is 5.97 Å². The fourth-order valence-electron chi connectivity index (χ4n) is 2.89. The number of rotatable bonds is 5. The number of hydrogen-bond donors (Lipinski definition) is 1. The summed E-state index contributed by atoms with van der Waals surface area (Å²) in [4.78, 5) is 38.8. The van der Waals surface area contributed by atoms with Crippen molar-refractivity contribution in [1.29, 1.82) is 0 Å². The van der Waals surface area contributed by atoms with E-state index in [0.717, 1.165) is 0 Å². The van der Waals surface area contributed by atoms with Gasteiger partial charge in [-0.3, -0.25) is 9.59 Å². The van der Waals surface area contributed by atoms with Crippen molar-refractivity contribution in [3.8, 4) is 0 Å². The summed E-state index contributed by atoms with van der Waals surface area (Å²) < 4.78 is 10.3. The van der Waals surface area contributed by atoms with Crippen molar-refractivity contribution >= 4 is 23.5 Å². The molecule has 0 bridgehead atoms. The molecule has 28 heavy (non-hydrogen) atoms. The van der Waals surface area contributed by atoms with Gasteiger partial charge in [-0.2, -0.15) is 0 Å². The van der Waals surface area contributed by atoms with Gasteiger partial charge in [-0.1, -0.05) is 12.1 Å². The van der Waals surface area contributed by atoms with E-state index >= 15 is 0 Å². The first-order valence-electron chi connectivity index (χ1n) is 9.14. The van der Waals surface area contributed by atoms with Crippen LogP contribution in [0, 0.1) is 0 Å². The van der Waals surface area contributed by atoms with Crippen molar-refractivity contribution in [3.63, 3.8) is 0 Å². The summed E-state index contributed by atoms with van der Waals surface area (Å²) in [6.07, 6.45) is 0. The van der Waals surface area contributed by atoms with E-state index in [-0.39, 0.29) is 24.0 Å². The van der Waals surface area contributed by atoms with Crippen LogP contribution in [-0.4, -0.2) is 55.6 Å². The van der Waals surface area contributed by atoms with Gasteiger partial charge in [0, 0.05) is 24.2 Å².